The number of carbonyl (C=O) groups is 2. The van der Waals surface area contributed by atoms with E-state index in [1.165, 1.54) is 6.08 Å². The zero-order valence-electron chi connectivity index (χ0n) is 7.80. The van der Waals surface area contributed by atoms with Crippen LogP contribution in [0, 0.1) is 0 Å². The fourth-order valence-electron chi connectivity index (χ4n) is 1.21. The Hall–Kier alpha value is -2.10. The molecule has 76 valence electrons. The van der Waals surface area contributed by atoms with E-state index >= 15 is 0 Å². The number of rotatable bonds is 1. The Labute approximate surface area is 86.1 Å². The third kappa shape index (κ3) is 2.04. The van der Waals surface area contributed by atoms with Crippen LogP contribution in [0.4, 0.5) is 0 Å². The molecule has 2 rings (SSSR count). The number of hydrogen-bond acceptors (Lipinski definition) is 4. The molecule has 1 aliphatic rings. The van der Waals surface area contributed by atoms with E-state index in [4.69, 9.17) is 0 Å². The van der Waals surface area contributed by atoms with Gasteiger partial charge in [-0.25, -0.2) is 9.59 Å². The third-order valence-corrected chi connectivity index (χ3v) is 1.93. The summed E-state index contributed by atoms with van der Waals surface area (Å²) in [4.78, 5) is 22.4. The minimum atomic E-state index is -0.643. The maximum Gasteiger partial charge on any atom is 0.348 e. The highest BCUT2D eigenvalue weighted by Crippen LogP contribution is 2.13. The lowest BCUT2D eigenvalue weighted by molar-refractivity contribution is -0.172. The van der Waals surface area contributed by atoms with Crippen molar-refractivity contribution >= 4 is 18.0 Å². The van der Waals surface area contributed by atoms with Crippen molar-refractivity contribution in [3.05, 3.63) is 41.5 Å². The Bertz CT molecular complexity index is 401. The van der Waals surface area contributed by atoms with E-state index in [-0.39, 0.29) is 12.4 Å². The molecule has 0 saturated carbocycles. The van der Waals surface area contributed by atoms with Crippen LogP contribution in [0.1, 0.15) is 5.56 Å². The minimum Gasteiger partial charge on any atom is -0.424 e. The van der Waals surface area contributed by atoms with Gasteiger partial charge in [0.2, 0.25) is 6.79 Å². The molecule has 0 aromatic heterocycles. The summed E-state index contributed by atoms with van der Waals surface area (Å²) in [5.74, 6) is -1.29. The Kier molecular flexibility index (Phi) is 2.49. The van der Waals surface area contributed by atoms with Crippen molar-refractivity contribution in [3.8, 4) is 0 Å². The highest BCUT2D eigenvalue weighted by atomic mass is 16.7. The van der Waals surface area contributed by atoms with Gasteiger partial charge in [0.15, 0.2) is 0 Å². The van der Waals surface area contributed by atoms with E-state index in [0.717, 1.165) is 5.56 Å². The summed E-state index contributed by atoms with van der Waals surface area (Å²) >= 11 is 0. The molecule has 0 unspecified atom stereocenters. The first-order valence-electron chi connectivity index (χ1n) is 4.38. The van der Waals surface area contributed by atoms with E-state index in [2.05, 4.69) is 9.47 Å². The molecule has 0 bridgehead atoms. The molecule has 0 N–H and O–H groups in total. The molecule has 1 saturated heterocycles. The Morgan fingerprint density at radius 2 is 1.60 bits per heavy atom. The highest BCUT2D eigenvalue weighted by molar-refractivity contribution is 6.18. The van der Waals surface area contributed by atoms with Crippen LogP contribution in [-0.4, -0.2) is 18.7 Å². The van der Waals surface area contributed by atoms with Crippen LogP contribution in [0.5, 0.6) is 0 Å². The number of ether oxygens (including phenoxy) is 2. The molecule has 15 heavy (non-hydrogen) atoms. The molecule has 0 spiro atoms. The Morgan fingerprint density at radius 3 is 2.20 bits per heavy atom. The normalized spacial score (nSPS) is 15.6. The quantitative estimate of drug-likeness (QED) is 0.391. The van der Waals surface area contributed by atoms with Gasteiger partial charge < -0.3 is 9.47 Å². The van der Waals surface area contributed by atoms with Crippen LogP contribution in [0.25, 0.3) is 6.08 Å². The molecule has 0 radical (unpaired) electrons. The molecular weight excluding hydrogens is 196 g/mol. The fourth-order valence-corrected chi connectivity index (χ4v) is 1.21. The van der Waals surface area contributed by atoms with Crippen molar-refractivity contribution in [2.45, 2.75) is 0 Å². The summed E-state index contributed by atoms with van der Waals surface area (Å²) in [6, 6.07) is 9.03. The average molecular weight is 204 g/mol. The average Bonchev–Trinajstić information content (AvgIpc) is 2.25. The first-order chi connectivity index (χ1) is 7.27. The van der Waals surface area contributed by atoms with Gasteiger partial charge in [-0.3, -0.25) is 0 Å². The van der Waals surface area contributed by atoms with Crippen molar-refractivity contribution in [1.29, 1.82) is 0 Å². The molecule has 4 heteroatoms. The first-order valence-corrected chi connectivity index (χ1v) is 4.38. The van der Waals surface area contributed by atoms with Gasteiger partial charge in [-0.15, -0.1) is 0 Å². The lowest BCUT2D eigenvalue weighted by Crippen LogP contribution is -2.26. The maximum absolute atomic E-state index is 11.2. The van der Waals surface area contributed by atoms with Crippen molar-refractivity contribution in [2.24, 2.45) is 0 Å². The zero-order valence-corrected chi connectivity index (χ0v) is 7.80. The van der Waals surface area contributed by atoms with Crippen molar-refractivity contribution in [1.82, 2.24) is 0 Å². The van der Waals surface area contributed by atoms with E-state index in [0.29, 0.717) is 0 Å². The largest absolute Gasteiger partial charge is 0.424 e. The van der Waals surface area contributed by atoms with Gasteiger partial charge >= 0.3 is 11.9 Å². The van der Waals surface area contributed by atoms with Crippen LogP contribution in [0.3, 0.4) is 0 Å². The van der Waals surface area contributed by atoms with E-state index in [9.17, 15) is 9.59 Å². The van der Waals surface area contributed by atoms with E-state index < -0.39 is 11.9 Å². The van der Waals surface area contributed by atoms with Gasteiger partial charge in [-0.05, 0) is 11.6 Å². The second-order valence-electron chi connectivity index (χ2n) is 2.95. The van der Waals surface area contributed by atoms with Crippen molar-refractivity contribution in [2.75, 3.05) is 6.79 Å². The van der Waals surface area contributed by atoms with Gasteiger partial charge in [-0.1, -0.05) is 30.3 Å². The summed E-state index contributed by atoms with van der Waals surface area (Å²) < 4.78 is 9.17. The van der Waals surface area contributed by atoms with Crippen LogP contribution in [-0.2, 0) is 19.1 Å². The molecular formula is C11H8O4. The SMILES string of the molecule is O=C1OCOC(=O)C1=Cc1ccccc1. The Balaban J connectivity index is 2.32. The molecule has 1 aromatic rings. The van der Waals surface area contributed by atoms with Crippen LogP contribution in [0.2, 0.25) is 0 Å². The molecule has 1 heterocycles. The lowest BCUT2D eigenvalue weighted by Gasteiger charge is -2.13. The van der Waals surface area contributed by atoms with Crippen LogP contribution < -0.4 is 0 Å². The predicted molar refractivity (Wildman–Crippen MR) is 51.5 cm³/mol. The van der Waals surface area contributed by atoms with Gasteiger partial charge in [0.25, 0.3) is 0 Å². The third-order valence-electron chi connectivity index (χ3n) is 1.93. The summed E-state index contributed by atoms with van der Waals surface area (Å²) in [5, 5.41) is 0. The molecule has 4 nitrogen and oxygen atoms in total. The van der Waals surface area contributed by atoms with E-state index in [1.54, 1.807) is 12.1 Å². The zero-order chi connectivity index (χ0) is 10.7. The standard InChI is InChI=1S/C11H8O4/c12-10-9(11(13)15-7-14-10)6-8-4-2-1-3-5-8/h1-6H,7H2. The monoisotopic (exact) mass is 204 g/mol. The van der Waals surface area contributed by atoms with Gasteiger partial charge in [0.05, 0.1) is 0 Å². The molecule has 0 amide bonds. The summed E-state index contributed by atoms with van der Waals surface area (Å²) in [7, 11) is 0. The second-order valence-corrected chi connectivity index (χ2v) is 2.95. The topological polar surface area (TPSA) is 52.6 Å². The molecule has 1 aromatic carbocycles. The smallest absolute Gasteiger partial charge is 0.348 e. The summed E-state index contributed by atoms with van der Waals surface area (Å²) in [5.41, 5.74) is 0.677. The maximum atomic E-state index is 11.2. The van der Waals surface area contributed by atoms with Gasteiger partial charge in [0, 0.05) is 0 Å². The van der Waals surface area contributed by atoms with Gasteiger partial charge in [-0.2, -0.15) is 0 Å². The molecule has 1 aliphatic heterocycles. The number of carbonyl (C=O) groups excluding carboxylic acids is 2. The number of hydrogen-bond donors (Lipinski definition) is 0. The number of esters is 2. The Morgan fingerprint density at radius 1 is 1.00 bits per heavy atom. The van der Waals surface area contributed by atoms with Gasteiger partial charge in [0.1, 0.15) is 5.57 Å². The lowest BCUT2D eigenvalue weighted by atomic mass is 10.1. The van der Waals surface area contributed by atoms with Crippen LogP contribution in [0.15, 0.2) is 35.9 Å². The summed E-state index contributed by atoms with van der Waals surface area (Å²) in [6.07, 6.45) is 1.45. The molecule has 1 fully saturated rings. The minimum absolute atomic E-state index is 0.0764. The molecule has 0 aliphatic carbocycles. The molecule has 0 atom stereocenters. The second kappa shape index (κ2) is 3.96. The van der Waals surface area contributed by atoms with Crippen molar-refractivity contribution < 1.29 is 19.1 Å². The predicted octanol–water partition coefficient (Wildman–Crippen LogP) is 1.13. The number of benzene rings is 1. The first kappa shape index (κ1) is 9.45. The van der Waals surface area contributed by atoms with Crippen LogP contribution >= 0.6 is 0 Å². The fraction of sp³-hybridized carbons (Fsp3) is 0.0909. The van der Waals surface area contributed by atoms with E-state index in [1.807, 2.05) is 18.2 Å². The number of cyclic esters (lactones) is 2. The highest BCUT2D eigenvalue weighted by Gasteiger charge is 2.26. The summed E-state index contributed by atoms with van der Waals surface area (Å²) in [6.45, 7) is -0.302. The van der Waals surface area contributed by atoms with Crippen molar-refractivity contribution in [3.63, 3.8) is 0 Å².